The number of alkyl carbamates (subject to hydrolysis) is 2. The number of nitrogens with one attached hydrogen (secondary N) is 4. The van der Waals surface area contributed by atoms with Crippen molar-refractivity contribution in [1.29, 1.82) is 0 Å². The van der Waals surface area contributed by atoms with Crippen molar-refractivity contribution in [2.45, 2.75) is 116 Å². The summed E-state index contributed by atoms with van der Waals surface area (Å²) in [6.45, 7) is 4.41. The van der Waals surface area contributed by atoms with Gasteiger partial charge in [-0.1, -0.05) is 45.0 Å². The highest BCUT2D eigenvalue weighted by molar-refractivity contribution is 5.87. The standard InChI is InChI=1S/C50H62F7N11O8/c1-48(2,3)40(61-46(72)74-6)43(71)64-66(23-34-35(51)17-29(18-36(34)52)37-14-15-67(63-37)44(53)54)24-39(69)38(60-42(70)41(62-47(73)75-7)49(4,5)50(55,56)57)16-27-8-10-28(11-9-27)30-19-58-45(59-20-30)65-21-31-12-13-32(22-65)68(31)33-25-76-26-33/h8-11,14-15,17-20,31-33,38-41,44,69H,12-13,16,21-26H2,1-7H3,(H,60,70)(H,61,72)(H,62,73)(H,64,71)/t31?,32?,38-,39-,40+,41?/m0/s1. The minimum Gasteiger partial charge on any atom is -0.453 e. The van der Waals surface area contributed by atoms with Gasteiger partial charge in [0.25, 0.3) is 5.91 Å². The second kappa shape index (κ2) is 23.3. The first kappa shape index (κ1) is 57.1. The number of aliphatic hydroxyl groups is 1. The Bertz CT molecular complexity index is 2650. The summed E-state index contributed by atoms with van der Waals surface area (Å²) in [7, 11) is 1.93. The second-order valence-electron chi connectivity index (χ2n) is 20.7. The van der Waals surface area contributed by atoms with Gasteiger partial charge in [0.2, 0.25) is 11.9 Å². The molecule has 0 radical (unpaired) electrons. The van der Waals surface area contributed by atoms with Crippen LogP contribution in [0.25, 0.3) is 22.4 Å². The number of benzene rings is 2. The Hall–Kier alpha value is -6.64. The lowest BCUT2D eigenvalue weighted by Crippen LogP contribution is -2.63. The van der Waals surface area contributed by atoms with E-state index in [0.717, 1.165) is 82.8 Å². The van der Waals surface area contributed by atoms with Gasteiger partial charge in [0, 0.05) is 73.5 Å². The van der Waals surface area contributed by atoms with Crippen molar-refractivity contribution in [3.63, 3.8) is 0 Å². The zero-order valence-corrected chi connectivity index (χ0v) is 42.8. The van der Waals surface area contributed by atoms with Crippen LogP contribution in [0.4, 0.5) is 46.3 Å². The van der Waals surface area contributed by atoms with Gasteiger partial charge in [-0.25, -0.2) is 38.0 Å². The van der Waals surface area contributed by atoms with E-state index < -0.39 is 102 Å². The number of amides is 4. The molecule has 2 aromatic heterocycles. The maximum Gasteiger partial charge on any atom is 0.407 e. The number of hydrogen-bond acceptors (Lipinski definition) is 14. The molecular formula is C50H62F7N11O8. The Morgan fingerprint density at radius 2 is 1.38 bits per heavy atom. The molecule has 3 fully saturated rings. The Morgan fingerprint density at radius 1 is 0.803 bits per heavy atom. The van der Waals surface area contributed by atoms with E-state index >= 15 is 8.78 Å². The summed E-state index contributed by atoms with van der Waals surface area (Å²) in [6, 6.07) is 5.26. The minimum atomic E-state index is -5.09. The molecule has 7 rings (SSSR count). The first-order valence-electron chi connectivity index (χ1n) is 24.4. The number of ether oxygens (including phenoxy) is 3. The summed E-state index contributed by atoms with van der Waals surface area (Å²) in [6.07, 6.45) is -3.27. The minimum absolute atomic E-state index is 0.204. The third-order valence-corrected chi connectivity index (χ3v) is 14.0. The van der Waals surface area contributed by atoms with Crippen LogP contribution in [0.5, 0.6) is 0 Å². The van der Waals surface area contributed by atoms with Gasteiger partial charge in [0.05, 0.1) is 56.7 Å². The van der Waals surface area contributed by atoms with Crippen LogP contribution in [0.15, 0.2) is 61.1 Å². The third-order valence-electron chi connectivity index (χ3n) is 14.0. The van der Waals surface area contributed by atoms with Crippen molar-refractivity contribution in [2.75, 3.05) is 52.0 Å². The Morgan fingerprint density at radius 3 is 1.88 bits per heavy atom. The number of hydrogen-bond donors (Lipinski definition) is 5. The molecule has 2 bridgehead atoms. The number of nitrogens with zero attached hydrogens (tertiary/aromatic N) is 7. The number of anilines is 1. The summed E-state index contributed by atoms with van der Waals surface area (Å²) < 4.78 is 117. The number of hydrazine groups is 1. The maximum absolute atomic E-state index is 16.0. The summed E-state index contributed by atoms with van der Waals surface area (Å²) >= 11 is 0. The van der Waals surface area contributed by atoms with Gasteiger partial charge in [-0.15, -0.1) is 0 Å². The van der Waals surface area contributed by atoms with Gasteiger partial charge in [0.15, 0.2) is 0 Å². The number of fused-ring (bicyclic) bond motifs is 2. The van der Waals surface area contributed by atoms with Crippen LogP contribution in [0.2, 0.25) is 0 Å². The van der Waals surface area contributed by atoms with E-state index in [4.69, 9.17) is 9.47 Å². The molecule has 4 aromatic rings. The Kier molecular flexibility index (Phi) is 17.5. The zero-order valence-electron chi connectivity index (χ0n) is 42.8. The van der Waals surface area contributed by atoms with Crippen LogP contribution in [0.3, 0.4) is 0 Å². The summed E-state index contributed by atoms with van der Waals surface area (Å²) in [5.41, 5.74) is -0.934. The monoisotopic (exact) mass is 1080 g/mol. The van der Waals surface area contributed by atoms with Gasteiger partial charge in [0.1, 0.15) is 23.7 Å². The Labute approximate surface area is 433 Å². The van der Waals surface area contributed by atoms with Gasteiger partial charge in [-0.2, -0.15) is 27.1 Å². The number of carbonyl (C=O) groups excluding carboxylic acids is 4. The molecule has 414 valence electrons. The molecule has 2 aromatic carbocycles. The van der Waals surface area contributed by atoms with Gasteiger partial charge >= 0.3 is 24.9 Å². The number of piperazine rings is 1. The molecule has 3 saturated heterocycles. The average molecular weight is 1080 g/mol. The largest absolute Gasteiger partial charge is 0.453 e. The van der Waals surface area contributed by atoms with Gasteiger partial charge in [-0.3, -0.25) is 19.9 Å². The van der Waals surface area contributed by atoms with E-state index in [0.29, 0.717) is 54.6 Å². The quantitative estimate of drug-likeness (QED) is 0.0560. The number of halogens is 7. The molecule has 5 heterocycles. The molecule has 19 nitrogen and oxygen atoms in total. The van der Waals surface area contributed by atoms with E-state index in [1.807, 2.05) is 5.32 Å². The van der Waals surface area contributed by atoms with Crippen molar-refractivity contribution in [1.82, 2.24) is 51.0 Å². The van der Waals surface area contributed by atoms with E-state index in [1.54, 1.807) is 57.4 Å². The number of alkyl halides is 5. The van der Waals surface area contributed by atoms with Crippen molar-refractivity contribution < 1.29 is 69.2 Å². The number of aromatic nitrogens is 4. The number of aliphatic hydroxyl groups excluding tert-OH is 1. The van der Waals surface area contributed by atoms with Crippen molar-refractivity contribution in [3.8, 4) is 22.4 Å². The summed E-state index contributed by atoms with van der Waals surface area (Å²) in [5, 5.41) is 23.4. The predicted molar refractivity (Wildman–Crippen MR) is 260 cm³/mol. The van der Waals surface area contributed by atoms with Crippen LogP contribution in [0, 0.1) is 22.5 Å². The zero-order chi connectivity index (χ0) is 55.4. The molecular weight excluding hydrogens is 1020 g/mol. The number of rotatable bonds is 19. The first-order valence-corrected chi connectivity index (χ1v) is 24.4. The topological polar surface area (TPSA) is 218 Å². The molecule has 3 unspecified atom stereocenters. The van der Waals surface area contributed by atoms with Crippen LogP contribution in [0.1, 0.15) is 65.1 Å². The average Bonchev–Trinajstić information content (AvgIpc) is 3.94. The van der Waals surface area contributed by atoms with Crippen LogP contribution < -0.4 is 26.3 Å². The molecule has 0 saturated carbocycles. The summed E-state index contributed by atoms with van der Waals surface area (Å²) in [5.74, 6) is -4.28. The maximum atomic E-state index is 16.0. The molecule has 0 spiro atoms. The van der Waals surface area contributed by atoms with Crippen molar-refractivity contribution >= 4 is 29.9 Å². The van der Waals surface area contributed by atoms with E-state index in [-0.39, 0.29) is 22.4 Å². The van der Waals surface area contributed by atoms with Crippen molar-refractivity contribution in [3.05, 3.63) is 83.8 Å². The SMILES string of the molecule is COC(=O)NC(C(=O)N[C@@H](Cc1ccc(-c2cnc(N3CC4CCC(C3)N4C3COC3)nc2)cc1)[C@@H](O)CN(Cc1c(F)cc(-c2ccn(C(F)F)n2)cc1F)NC(=O)[C@@H](NC(=O)OC)C(C)(C)C)C(C)(C)C(F)(F)F. The van der Waals surface area contributed by atoms with E-state index in [2.05, 4.69) is 45.7 Å². The molecule has 3 aliphatic rings. The van der Waals surface area contributed by atoms with Gasteiger partial charge in [-0.05, 0) is 67.9 Å². The smallest absolute Gasteiger partial charge is 0.407 e. The van der Waals surface area contributed by atoms with Crippen molar-refractivity contribution in [2.24, 2.45) is 10.8 Å². The molecule has 3 aliphatic heterocycles. The number of carbonyl (C=O) groups is 4. The lowest BCUT2D eigenvalue weighted by atomic mass is 9.82. The lowest BCUT2D eigenvalue weighted by Gasteiger charge is -2.47. The fourth-order valence-electron chi connectivity index (χ4n) is 9.54. The molecule has 6 atom stereocenters. The second-order valence-corrected chi connectivity index (χ2v) is 20.7. The molecule has 5 N–H and O–H groups in total. The molecule has 26 heteroatoms. The third kappa shape index (κ3) is 13.1. The molecule has 76 heavy (non-hydrogen) atoms. The highest BCUT2D eigenvalue weighted by Gasteiger charge is 2.56. The first-order chi connectivity index (χ1) is 35.8. The van der Waals surface area contributed by atoms with Gasteiger partial charge < -0.3 is 40.2 Å². The predicted octanol–water partition coefficient (Wildman–Crippen LogP) is 5.74. The molecule has 4 amide bonds. The summed E-state index contributed by atoms with van der Waals surface area (Å²) in [4.78, 5) is 67.1. The van der Waals surface area contributed by atoms with E-state index in [1.165, 1.54) is 0 Å². The normalized spacial score (nSPS) is 18.9. The highest BCUT2D eigenvalue weighted by atomic mass is 19.4. The number of methoxy groups -OCH3 is 2. The lowest BCUT2D eigenvalue weighted by molar-refractivity contribution is -0.220. The van der Waals surface area contributed by atoms with Crippen LogP contribution in [-0.2, 0) is 36.8 Å². The highest BCUT2D eigenvalue weighted by Crippen LogP contribution is 2.41. The van der Waals surface area contributed by atoms with E-state index in [9.17, 15) is 46.2 Å². The Balaban J connectivity index is 1.18. The van der Waals surface area contributed by atoms with Crippen LogP contribution in [-0.4, -0.2) is 154 Å². The fraction of sp³-hybridized carbons (Fsp3) is 0.540. The fourth-order valence-corrected chi connectivity index (χ4v) is 9.54. The molecule has 0 aliphatic carbocycles. The van der Waals surface area contributed by atoms with Crippen LogP contribution >= 0.6 is 0 Å².